The largest absolute Gasteiger partial charge is 0.351 e. The maximum Gasteiger partial charge on any atom is 0.227 e. The highest BCUT2D eigenvalue weighted by Gasteiger charge is 2.37. The molecule has 3 nitrogen and oxygen atoms in total. The summed E-state index contributed by atoms with van der Waals surface area (Å²) < 4.78 is 1.03. The van der Waals surface area contributed by atoms with Crippen molar-refractivity contribution >= 4 is 21.8 Å². The Bertz CT molecular complexity index is 442. The van der Waals surface area contributed by atoms with Crippen LogP contribution in [0.1, 0.15) is 37.7 Å². The van der Waals surface area contributed by atoms with Crippen LogP contribution in [0.15, 0.2) is 28.7 Å². The topological polar surface area (TPSA) is 55.1 Å². The molecule has 0 atom stereocenters. The first kappa shape index (κ1) is 14.5. The summed E-state index contributed by atoms with van der Waals surface area (Å²) in [5.41, 5.74) is 6.63. The number of benzene rings is 1. The monoisotopic (exact) mass is 324 g/mol. The van der Waals surface area contributed by atoms with Gasteiger partial charge in [-0.2, -0.15) is 0 Å². The molecule has 1 fully saturated rings. The van der Waals surface area contributed by atoms with Gasteiger partial charge in [-0.05, 0) is 24.5 Å². The molecule has 0 unspecified atom stereocenters. The van der Waals surface area contributed by atoms with Gasteiger partial charge in [0, 0.05) is 17.6 Å². The minimum absolute atomic E-state index is 0.116. The average Bonchev–Trinajstić information content (AvgIpc) is 2.46. The van der Waals surface area contributed by atoms with Gasteiger partial charge in [0.2, 0.25) is 5.91 Å². The van der Waals surface area contributed by atoms with Crippen molar-refractivity contribution in [1.29, 1.82) is 0 Å². The van der Waals surface area contributed by atoms with Crippen molar-refractivity contribution in [1.82, 2.24) is 5.32 Å². The number of nitrogens with two attached hydrogens (primary N) is 1. The third-order valence-corrected chi connectivity index (χ3v) is 4.85. The Balaban J connectivity index is 1.98. The van der Waals surface area contributed by atoms with Crippen molar-refractivity contribution in [2.45, 2.75) is 38.6 Å². The number of nitrogens with one attached hydrogen (secondary N) is 1. The summed E-state index contributed by atoms with van der Waals surface area (Å²) in [6, 6.07) is 7.95. The fraction of sp³-hybridized carbons (Fsp3) is 0.533. The van der Waals surface area contributed by atoms with Gasteiger partial charge in [0.15, 0.2) is 0 Å². The number of hydrogen-bond donors (Lipinski definition) is 2. The number of rotatable bonds is 4. The van der Waals surface area contributed by atoms with Crippen LogP contribution in [0.4, 0.5) is 0 Å². The first-order valence-corrected chi connectivity index (χ1v) is 7.69. The second kappa shape index (κ2) is 6.53. The van der Waals surface area contributed by atoms with E-state index in [1.807, 2.05) is 24.3 Å². The van der Waals surface area contributed by atoms with E-state index in [-0.39, 0.29) is 11.3 Å². The molecular weight excluding hydrogens is 304 g/mol. The molecule has 0 aliphatic heterocycles. The predicted molar refractivity (Wildman–Crippen MR) is 80.6 cm³/mol. The van der Waals surface area contributed by atoms with E-state index in [4.69, 9.17) is 5.73 Å². The normalized spacial score (nSPS) is 18.0. The molecule has 0 spiro atoms. The molecule has 4 heteroatoms. The van der Waals surface area contributed by atoms with Crippen molar-refractivity contribution in [3.63, 3.8) is 0 Å². The molecule has 2 rings (SSSR count). The Morgan fingerprint density at radius 2 is 1.95 bits per heavy atom. The summed E-state index contributed by atoms with van der Waals surface area (Å²) in [6.45, 7) is 1.01. The summed E-state index contributed by atoms with van der Waals surface area (Å²) in [4.78, 5) is 12.4. The van der Waals surface area contributed by atoms with E-state index >= 15 is 0 Å². The maximum absolute atomic E-state index is 12.4. The van der Waals surface area contributed by atoms with Crippen molar-refractivity contribution < 1.29 is 4.79 Å². The summed E-state index contributed by atoms with van der Waals surface area (Å²) in [5.74, 6) is 0.116. The van der Waals surface area contributed by atoms with E-state index in [9.17, 15) is 4.79 Å². The van der Waals surface area contributed by atoms with E-state index in [1.165, 1.54) is 6.42 Å². The zero-order chi connectivity index (χ0) is 13.7. The molecule has 1 saturated carbocycles. The van der Waals surface area contributed by atoms with Gasteiger partial charge in [0.25, 0.3) is 0 Å². The fourth-order valence-electron chi connectivity index (χ4n) is 2.76. The van der Waals surface area contributed by atoms with Gasteiger partial charge in [-0.15, -0.1) is 0 Å². The van der Waals surface area contributed by atoms with Gasteiger partial charge in [0.05, 0.1) is 5.41 Å². The van der Waals surface area contributed by atoms with Crippen LogP contribution in [0.3, 0.4) is 0 Å². The van der Waals surface area contributed by atoms with Crippen LogP contribution in [0.5, 0.6) is 0 Å². The molecule has 1 aromatic rings. The zero-order valence-electron chi connectivity index (χ0n) is 11.1. The smallest absolute Gasteiger partial charge is 0.227 e. The molecular formula is C15H21BrN2O. The third-order valence-electron chi connectivity index (χ3n) is 4.08. The Morgan fingerprint density at radius 1 is 1.26 bits per heavy atom. The van der Waals surface area contributed by atoms with E-state index < -0.39 is 0 Å². The van der Waals surface area contributed by atoms with Crippen LogP contribution in [0.25, 0.3) is 0 Å². The number of amides is 1. The zero-order valence-corrected chi connectivity index (χ0v) is 12.7. The lowest BCUT2D eigenvalue weighted by atomic mass is 9.73. The van der Waals surface area contributed by atoms with Crippen LogP contribution >= 0.6 is 15.9 Å². The predicted octanol–water partition coefficient (Wildman–Crippen LogP) is 2.97. The minimum Gasteiger partial charge on any atom is -0.351 e. The SMILES string of the molecule is NCC1(C(=O)NCc2ccccc2Br)CCCCC1. The molecule has 3 N–H and O–H groups in total. The lowest BCUT2D eigenvalue weighted by Gasteiger charge is -2.34. The molecule has 1 aliphatic carbocycles. The summed E-state index contributed by atoms with van der Waals surface area (Å²) in [6.07, 6.45) is 5.29. The van der Waals surface area contributed by atoms with Crippen LogP contribution < -0.4 is 11.1 Å². The third kappa shape index (κ3) is 3.37. The first-order valence-electron chi connectivity index (χ1n) is 6.90. The highest BCUT2D eigenvalue weighted by molar-refractivity contribution is 9.10. The van der Waals surface area contributed by atoms with E-state index in [0.717, 1.165) is 35.7 Å². The molecule has 0 heterocycles. The summed E-state index contributed by atoms with van der Waals surface area (Å²) in [7, 11) is 0. The first-order chi connectivity index (χ1) is 9.18. The Kier molecular flexibility index (Phi) is 4.99. The highest BCUT2D eigenvalue weighted by atomic mass is 79.9. The van der Waals surface area contributed by atoms with Crippen molar-refractivity contribution in [2.24, 2.45) is 11.1 Å². The summed E-state index contributed by atoms with van der Waals surface area (Å²) >= 11 is 3.50. The number of halogens is 1. The molecule has 0 saturated heterocycles. The van der Waals surface area contributed by atoms with Crippen LogP contribution in [-0.4, -0.2) is 12.5 Å². The van der Waals surface area contributed by atoms with Gasteiger partial charge >= 0.3 is 0 Å². The van der Waals surface area contributed by atoms with Crippen molar-refractivity contribution in [3.8, 4) is 0 Å². The van der Waals surface area contributed by atoms with Crippen LogP contribution in [-0.2, 0) is 11.3 Å². The lowest BCUT2D eigenvalue weighted by molar-refractivity contribution is -0.132. The quantitative estimate of drug-likeness (QED) is 0.894. The molecule has 19 heavy (non-hydrogen) atoms. The fourth-order valence-corrected chi connectivity index (χ4v) is 3.18. The van der Waals surface area contributed by atoms with Crippen molar-refractivity contribution in [3.05, 3.63) is 34.3 Å². The van der Waals surface area contributed by atoms with Crippen molar-refractivity contribution in [2.75, 3.05) is 6.54 Å². The van der Waals surface area contributed by atoms with Gasteiger partial charge in [0.1, 0.15) is 0 Å². The molecule has 0 bridgehead atoms. The van der Waals surface area contributed by atoms with Gasteiger partial charge in [-0.3, -0.25) is 4.79 Å². The number of carbonyl (C=O) groups excluding carboxylic acids is 1. The second-order valence-corrected chi connectivity index (χ2v) is 6.17. The molecule has 0 radical (unpaired) electrons. The van der Waals surface area contributed by atoms with Crippen LogP contribution in [0, 0.1) is 5.41 Å². The second-order valence-electron chi connectivity index (χ2n) is 5.32. The summed E-state index contributed by atoms with van der Waals surface area (Å²) in [5, 5.41) is 3.05. The molecule has 1 aromatic carbocycles. The Labute approximate surface area is 123 Å². The number of hydrogen-bond acceptors (Lipinski definition) is 2. The average molecular weight is 325 g/mol. The molecule has 0 aromatic heterocycles. The maximum atomic E-state index is 12.4. The molecule has 104 valence electrons. The van der Waals surface area contributed by atoms with E-state index in [1.54, 1.807) is 0 Å². The van der Waals surface area contributed by atoms with E-state index in [2.05, 4.69) is 21.2 Å². The Hall–Kier alpha value is -0.870. The lowest BCUT2D eigenvalue weighted by Crippen LogP contribution is -2.46. The Morgan fingerprint density at radius 3 is 2.58 bits per heavy atom. The van der Waals surface area contributed by atoms with Crippen LogP contribution in [0.2, 0.25) is 0 Å². The standard InChI is InChI=1S/C15H21BrN2O/c16-13-7-3-2-6-12(13)10-18-14(19)15(11-17)8-4-1-5-9-15/h2-3,6-7H,1,4-5,8-11,17H2,(H,18,19). The molecule has 1 amide bonds. The molecule has 1 aliphatic rings. The van der Waals surface area contributed by atoms with Gasteiger partial charge in [-0.1, -0.05) is 53.4 Å². The number of carbonyl (C=O) groups is 1. The highest BCUT2D eigenvalue weighted by Crippen LogP contribution is 2.35. The van der Waals surface area contributed by atoms with Gasteiger partial charge < -0.3 is 11.1 Å². The van der Waals surface area contributed by atoms with Gasteiger partial charge in [-0.25, -0.2) is 0 Å². The van der Waals surface area contributed by atoms with E-state index in [0.29, 0.717) is 13.1 Å². The minimum atomic E-state index is -0.334.